The molecule has 1 saturated carbocycles. The summed E-state index contributed by atoms with van der Waals surface area (Å²) in [7, 11) is 0. The molecule has 100 valence electrons. The minimum atomic E-state index is 0.637. The van der Waals surface area contributed by atoms with E-state index in [0.29, 0.717) is 24.4 Å². The summed E-state index contributed by atoms with van der Waals surface area (Å²) >= 11 is 5.81. The fourth-order valence-corrected chi connectivity index (χ4v) is 2.32. The normalized spacial score (nSPS) is 15.2. The van der Waals surface area contributed by atoms with Crippen LogP contribution in [0.2, 0.25) is 0 Å². The number of hydrogen-bond donors (Lipinski definition) is 0. The molecule has 0 N–H and O–H groups in total. The molecule has 1 aliphatic carbocycles. The number of halogens is 1. The Kier molecular flexibility index (Phi) is 5.12. The summed E-state index contributed by atoms with van der Waals surface area (Å²) in [5.41, 5.74) is 0. The average molecular weight is 269 g/mol. The molecule has 1 fully saturated rings. The molecule has 0 radical (unpaired) electrons. The van der Waals surface area contributed by atoms with E-state index < -0.39 is 0 Å². The number of pyridine rings is 1. The molecular formula is C14H21ClN2O. The smallest absolute Gasteiger partial charge is 0.215 e. The highest BCUT2D eigenvalue weighted by Gasteiger charge is 2.25. The van der Waals surface area contributed by atoms with E-state index in [-0.39, 0.29) is 0 Å². The van der Waals surface area contributed by atoms with Crippen molar-refractivity contribution in [3.63, 3.8) is 0 Å². The van der Waals surface area contributed by atoms with Crippen LogP contribution in [0.5, 0.6) is 5.88 Å². The van der Waals surface area contributed by atoms with E-state index in [0.717, 1.165) is 18.8 Å². The van der Waals surface area contributed by atoms with Crippen molar-refractivity contribution >= 4 is 17.4 Å². The molecular weight excluding hydrogens is 248 g/mol. The molecule has 0 aromatic carbocycles. The molecule has 1 aromatic rings. The first-order valence-electron chi connectivity index (χ1n) is 6.77. The van der Waals surface area contributed by atoms with Crippen molar-refractivity contribution < 1.29 is 4.74 Å². The van der Waals surface area contributed by atoms with E-state index in [9.17, 15) is 0 Å². The van der Waals surface area contributed by atoms with Gasteiger partial charge in [0.05, 0.1) is 6.61 Å². The molecule has 0 amide bonds. The van der Waals surface area contributed by atoms with Gasteiger partial charge in [-0.3, -0.25) is 0 Å². The zero-order valence-corrected chi connectivity index (χ0v) is 11.7. The van der Waals surface area contributed by atoms with Gasteiger partial charge in [-0.2, -0.15) is 4.98 Å². The lowest BCUT2D eigenvalue weighted by Crippen LogP contribution is -2.41. The first-order valence-corrected chi connectivity index (χ1v) is 7.31. The van der Waals surface area contributed by atoms with Crippen LogP contribution in [0.3, 0.4) is 0 Å². The van der Waals surface area contributed by atoms with Gasteiger partial charge in [-0.1, -0.05) is 6.07 Å². The van der Waals surface area contributed by atoms with E-state index >= 15 is 0 Å². The molecule has 1 heterocycles. The highest BCUT2D eigenvalue weighted by Crippen LogP contribution is 2.29. The number of anilines is 1. The lowest BCUT2D eigenvalue weighted by Gasteiger charge is -2.38. The third-order valence-electron chi connectivity index (χ3n) is 3.34. The summed E-state index contributed by atoms with van der Waals surface area (Å²) in [5.74, 6) is 2.44. The fourth-order valence-electron chi connectivity index (χ4n) is 2.20. The van der Waals surface area contributed by atoms with Gasteiger partial charge in [0.25, 0.3) is 0 Å². The number of alkyl halides is 1. The highest BCUT2D eigenvalue weighted by molar-refractivity contribution is 6.17. The molecule has 0 unspecified atom stereocenters. The van der Waals surface area contributed by atoms with Crippen LogP contribution < -0.4 is 9.64 Å². The molecule has 1 aromatic heterocycles. The fraction of sp³-hybridized carbons (Fsp3) is 0.643. The van der Waals surface area contributed by atoms with E-state index in [1.807, 2.05) is 19.1 Å². The monoisotopic (exact) mass is 268 g/mol. The number of rotatable bonds is 7. The quantitative estimate of drug-likeness (QED) is 0.708. The summed E-state index contributed by atoms with van der Waals surface area (Å²) < 4.78 is 5.47. The van der Waals surface area contributed by atoms with Crippen molar-refractivity contribution in [2.75, 3.05) is 23.9 Å². The number of hydrogen-bond acceptors (Lipinski definition) is 3. The zero-order chi connectivity index (χ0) is 12.8. The van der Waals surface area contributed by atoms with Gasteiger partial charge in [0.15, 0.2) is 0 Å². The van der Waals surface area contributed by atoms with Crippen LogP contribution in [-0.4, -0.2) is 30.1 Å². The van der Waals surface area contributed by atoms with E-state index in [1.165, 1.54) is 19.3 Å². The van der Waals surface area contributed by atoms with Crippen LogP contribution in [0.25, 0.3) is 0 Å². The van der Waals surface area contributed by atoms with Crippen LogP contribution in [-0.2, 0) is 0 Å². The van der Waals surface area contributed by atoms with Crippen molar-refractivity contribution in [1.82, 2.24) is 4.98 Å². The van der Waals surface area contributed by atoms with Crippen LogP contribution >= 0.6 is 11.6 Å². The van der Waals surface area contributed by atoms with Gasteiger partial charge in [-0.25, -0.2) is 0 Å². The third kappa shape index (κ3) is 3.29. The number of aromatic nitrogens is 1. The van der Waals surface area contributed by atoms with Crippen molar-refractivity contribution in [2.45, 2.75) is 38.6 Å². The SMILES string of the molecule is CCOc1cccc(N(CCCCl)C2CCC2)n1. The minimum absolute atomic E-state index is 0.637. The second-order valence-electron chi connectivity index (χ2n) is 4.59. The predicted molar refractivity (Wildman–Crippen MR) is 75.7 cm³/mol. The largest absolute Gasteiger partial charge is 0.478 e. The third-order valence-corrected chi connectivity index (χ3v) is 3.61. The van der Waals surface area contributed by atoms with E-state index in [4.69, 9.17) is 16.3 Å². The van der Waals surface area contributed by atoms with E-state index in [2.05, 4.69) is 16.0 Å². The Morgan fingerprint density at radius 1 is 1.44 bits per heavy atom. The number of nitrogens with zero attached hydrogens (tertiary/aromatic N) is 2. The van der Waals surface area contributed by atoms with Gasteiger partial charge >= 0.3 is 0 Å². The van der Waals surface area contributed by atoms with Gasteiger partial charge in [-0.05, 0) is 38.7 Å². The van der Waals surface area contributed by atoms with Crippen molar-refractivity contribution in [3.8, 4) is 5.88 Å². The Hall–Kier alpha value is -0.960. The van der Waals surface area contributed by atoms with Gasteiger partial charge in [0, 0.05) is 24.5 Å². The molecule has 0 spiro atoms. The lowest BCUT2D eigenvalue weighted by molar-refractivity contribution is 0.325. The average Bonchev–Trinajstić information content (AvgIpc) is 2.33. The Bertz CT molecular complexity index is 369. The predicted octanol–water partition coefficient (Wildman–Crippen LogP) is 3.47. The zero-order valence-electron chi connectivity index (χ0n) is 10.9. The summed E-state index contributed by atoms with van der Waals surface area (Å²) in [4.78, 5) is 6.96. The standard InChI is InChI=1S/C14H21ClN2O/c1-2-18-14-9-4-8-13(16-14)17(11-5-10-15)12-6-3-7-12/h4,8-9,12H,2-3,5-7,10-11H2,1H3. The van der Waals surface area contributed by atoms with E-state index in [1.54, 1.807) is 0 Å². The van der Waals surface area contributed by atoms with Gasteiger partial charge < -0.3 is 9.64 Å². The van der Waals surface area contributed by atoms with Crippen molar-refractivity contribution in [1.29, 1.82) is 0 Å². The maximum atomic E-state index is 5.81. The molecule has 0 atom stereocenters. The Labute approximate surface area is 114 Å². The van der Waals surface area contributed by atoms with Crippen molar-refractivity contribution in [3.05, 3.63) is 18.2 Å². The highest BCUT2D eigenvalue weighted by atomic mass is 35.5. The molecule has 0 saturated heterocycles. The Balaban J connectivity index is 2.10. The Morgan fingerprint density at radius 2 is 2.28 bits per heavy atom. The first-order chi connectivity index (χ1) is 8.85. The second kappa shape index (κ2) is 6.83. The van der Waals surface area contributed by atoms with Crippen LogP contribution in [0, 0.1) is 0 Å². The molecule has 0 aliphatic heterocycles. The summed E-state index contributed by atoms with van der Waals surface area (Å²) in [6.45, 7) is 3.61. The lowest BCUT2D eigenvalue weighted by atomic mass is 9.91. The maximum Gasteiger partial charge on any atom is 0.215 e. The van der Waals surface area contributed by atoms with Gasteiger partial charge in [-0.15, -0.1) is 11.6 Å². The van der Waals surface area contributed by atoms with Crippen LogP contribution in [0.15, 0.2) is 18.2 Å². The summed E-state index contributed by atoms with van der Waals surface area (Å²) in [6, 6.07) is 6.63. The molecule has 4 heteroatoms. The first kappa shape index (κ1) is 13.5. The molecule has 0 bridgehead atoms. The number of ether oxygens (including phenoxy) is 1. The van der Waals surface area contributed by atoms with Gasteiger partial charge in [0.1, 0.15) is 5.82 Å². The second-order valence-corrected chi connectivity index (χ2v) is 4.97. The molecule has 1 aliphatic rings. The van der Waals surface area contributed by atoms with Gasteiger partial charge in [0.2, 0.25) is 5.88 Å². The van der Waals surface area contributed by atoms with Crippen LogP contribution in [0.1, 0.15) is 32.6 Å². The summed E-state index contributed by atoms with van der Waals surface area (Å²) in [6.07, 6.45) is 4.86. The Morgan fingerprint density at radius 3 is 2.89 bits per heavy atom. The summed E-state index contributed by atoms with van der Waals surface area (Å²) in [5, 5.41) is 0. The molecule has 2 rings (SSSR count). The molecule has 18 heavy (non-hydrogen) atoms. The molecule has 3 nitrogen and oxygen atoms in total. The topological polar surface area (TPSA) is 25.4 Å². The van der Waals surface area contributed by atoms with Crippen LogP contribution in [0.4, 0.5) is 5.82 Å². The van der Waals surface area contributed by atoms with Crippen molar-refractivity contribution in [2.24, 2.45) is 0 Å². The maximum absolute atomic E-state index is 5.81. The minimum Gasteiger partial charge on any atom is -0.478 e.